The number of halogens is 2. The van der Waals surface area contributed by atoms with Crippen molar-refractivity contribution in [3.05, 3.63) is 48.1 Å². The molecule has 1 atom stereocenters. The Balaban J connectivity index is 2.02. The van der Waals surface area contributed by atoms with Crippen molar-refractivity contribution in [3.8, 4) is 0 Å². The van der Waals surface area contributed by atoms with E-state index in [-0.39, 0.29) is 11.5 Å². The van der Waals surface area contributed by atoms with Crippen molar-refractivity contribution in [1.82, 2.24) is 15.0 Å². The molecule has 0 aliphatic heterocycles. The molecule has 3 amide bonds. The predicted molar refractivity (Wildman–Crippen MR) is 99.7 cm³/mol. The van der Waals surface area contributed by atoms with Gasteiger partial charge in [0.1, 0.15) is 23.3 Å². The number of hydrogen-bond donors (Lipinski definition) is 3. The lowest BCUT2D eigenvalue weighted by atomic mass is 10.2. The first-order chi connectivity index (χ1) is 13.4. The molecular formula is C18H21F2N5O4. The van der Waals surface area contributed by atoms with E-state index < -0.39 is 41.2 Å². The van der Waals surface area contributed by atoms with Gasteiger partial charge in [0.25, 0.3) is 11.8 Å². The van der Waals surface area contributed by atoms with Crippen molar-refractivity contribution in [3.63, 3.8) is 0 Å². The molecule has 0 spiro atoms. The van der Waals surface area contributed by atoms with Crippen molar-refractivity contribution < 1.29 is 27.9 Å². The number of amides is 3. The zero-order valence-electron chi connectivity index (χ0n) is 16.2. The first-order valence-corrected chi connectivity index (χ1v) is 8.56. The minimum absolute atomic E-state index is 0.117. The van der Waals surface area contributed by atoms with Crippen LogP contribution in [-0.4, -0.2) is 39.2 Å². The Morgan fingerprint density at radius 1 is 1.14 bits per heavy atom. The van der Waals surface area contributed by atoms with Crippen LogP contribution in [0.5, 0.6) is 0 Å². The number of rotatable bonds is 5. The molecule has 29 heavy (non-hydrogen) atoms. The van der Waals surface area contributed by atoms with Crippen LogP contribution in [-0.2, 0) is 9.53 Å². The van der Waals surface area contributed by atoms with Gasteiger partial charge in [0, 0.05) is 24.1 Å². The molecule has 3 N–H and O–H groups in total. The van der Waals surface area contributed by atoms with Crippen molar-refractivity contribution in [2.24, 2.45) is 0 Å². The molecular weight excluding hydrogens is 388 g/mol. The van der Waals surface area contributed by atoms with Crippen molar-refractivity contribution in [2.75, 3.05) is 10.7 Å². The fraction of sp³-hybridized carbons (Fsp3) is 0.333. The lowest BCUT2D eigenvalue weighted by molar-refractivity contribution is -0.118. The summed E-state index contributed by atoms with van der Waals surface area (Å²) < 4.78 is 32.6. The lowest BCUT2D eigenvalue weighted by Gasteiger charge is -2.21. The normalized spacial score (nSPS) is 12.1. The topological polar surface area (TPSA) is 114 Å². The van der Waals surface area contributed by atoms with E-state index in [1.165, 1.54) is 19.3 Å². The highest BCUT2D eigenvalue weighted by atomic mass is 19.1. The maximum absolute atomic E-state index is 13.3. The fourth-order valence-electron chi connectivity index (χ4n) is 2.14. The molecule has 156 valence electrons. The van der Waals surface area contributed by atoms with Crippen LogP contribution in [0.3, 0.4) is 0 Å². The summed E-state index contributed by atoms with van der Waals surface area (Å²) in [6.07, 6.45) is 1.75. The highest BCUT2D eigenvalue weighted by Crippen LogP contribution is 2.14. The molecule has 1 heterocycles. The number of nitrogens with one attached hydrogen (secondary N) is 3. The zero-order valence-corrected chi connectivity index (χ0v) is 16.2. The Bertz CT molecular complexity index is 903. The maximum Gasteiger partial charge on any atom is 0.408 e. The van der Waals surface area contributed by atoms with Crippen molar-refractivity contribution >= 4 is 23.6 Å². The fourth-order valence-corrected chi connectivity index (χ4v) is 2.14. The number of carbonyl (C=O) groups excluding carboxylic acids is 3. The summed E-state index contributed by atoms with van der Waals surface area (Å²) >= 11 is 0. The Morgan fingerprint density at radius 3 is 2.34 bits per heavy atom. The molecule has 2 rings (SSSR count). The van der Waals surface area contributed by atoms with Crippen LogP contribution < -0.4 is 16.1 Å². The third kappa shape index (κ3) is 6.55. The summed E-state index contributed by atoms with van der Waals surface area (Å²) in [6, 6.07) is 1.54. The summed E-state index contributed by atoms with van der Waals surface area (Å²) in [5.74, 6) is -3.43. The SMILES string of the molecule is C[C@H](NC(=O)OC(C)(C)C)C(=O)Nn1ccnc1C(=O)Nc1cc(F)cc(F)c1. The van der Waals surface area contributed by atoms with Gasteiger partial charge < -0.3 is 15.4 Å². The summed E-state index contributed by atoms with van der Waals surface area (Å²) in [4.78, 5) is 40.2. The lowest BCUT2D eigenvalue weighted by Crippen LogP contribution is -2.46. The van der Waals surface area contributed by atoms with Gasteiger partial charge in [0.15, 0.2) is 0 Å². The standard InChI is InChI=1S/C18H21F2N5O4/c1-10(22-17(28)29-18(2,3)4)15(26)24-25-6-5-21-14(25)16(27)23-13-8-11(19)7-12(20)9-13/h5-10H,1-4H3,(H,22,28)(H,23,27)(H,24,26)/t10-/m0/s1. The second-order valence-corrected chi connectivity index (χ2v) is 7.08. The van der Waals surface area contributed by atoms with Crippen LogP contribution in [0.1, 0.15) is 38.3 Å². The highest BCUT2D eigenvalue weighted by Gasteiger charge is 2.22. The van der Waals surface area contributed by atoms with Crippen LogP contribution in [0.2, 0.25) is 0 Å². The molecule has 2 aromatic rings. The van der Waals surface area contributed by atoms with Crippen molar-refractivity contribution in [1.29, 1.82) is 0 Å². The van der Waals surface area contributed by atoms with Gasteiger partial charge in [-0.25, -0.2) is 23.2 Å². The molecule has 0 saturated carbocycles. The molecule has 0 aliphatic carbocycles. The monoisotopic (exact) mass is 409 g/mol. The van der Waals surface area contributed by atoms with Gasteiger partial charge in [-0.15, -0.1) is 0 Å². The van der Waals surface area contributed by atoms with E-state index >= 15 is 0 Å². The van der Waals surface area contributed by atoms with Crippen LogP contribution in [0.25, 0.3) is 0 Å². The molecule has 9 nitrogen and oxygen atoms in total. The van der Waals surface area contributed by atoms with Gasteiger partial charge in [0.05, 0.1) is 0 Å². The first kappa shape index (κ1) is 21.8. The summed E-state index contributed by atoms with van der Waals surface area (Å²) in [6.45, 7) is 6.46. The Morgan fingerprint density at radius 2 is 1.76 bits per heavy atom. The minimum Gasteiger partial charge on any atom is -0.444 e. The third-order valence-corrected chi connectivity index (χ3v) is 3.32. The highest BCUT2D eigenvalue weighted by molar-refractivity contribution is 6.02. The Labute approximate surface area is 165 Å². The molecule has 0 radical (unpaired) electrons. The first-order valence-electron chi connectivity index (χ1n) is 8.56. The second-order valence-electron chi connectivity index (χ2n) is 7.08. The number of imidazole rings is 1. The number of hydrogen-bond acceptors (Lipinski definition) is 5. The Kier molecular flexibility index (Phi) is 6.52. The number of anilines is 1. The summed E-state index contributed by atoms with van der Waals surface area (Å²) in [5, 5.41) is 4.64. The third-order valence-electron chi connectivity index (χ3n) is 3.32. The molecule has 1 aromatic carbocycles. The molecule has 1 aromatic heterocycles. The average molecular weight is 409 g/mol. The molecule has 0 saturated heterocycles. The van der Waals surface area contributed by atoms with E-state index in [0.717, 1.165) is 16.8 Å². The smallest absolute Gasteiger partial charge is 0.408 e. The van der Waals surface area contributed by atoms with E-state index in [1.807, 2.05) is 0 Å². The Hall–Kier alpha value is -3.50. The number of alkyl carbamates (subject to hydrolysis) is 1. The van der Waals surface area contributed by atoms with Gasteiger partial charge >= 0.3 is 6.09 Å². The molecule has 0 aliphatic rings. The molecule has 0 bridgehead atoms. The van der Waals surface area contributed by atoms with E-state index in [2.05, 4.69) is 21.0 Å². The number of aromatic nitrogens is 2. The minimum atomic E-state index is -0.986. The maximum atomic E-state index is 13.3. The number of benzene rings is 1. The van der Waals surface area contributed by atoms with Gasteiger partial charge in [-0.2, -0.15) is 0 Å². The summed E-state index contributed by atoms with van der Waals surface area (Å²) in [7, 11) is 0. The van der Waals surface area contributed by atoms with E-state index in [9.17, 15) is 23.2 Å². The second kappa shape index (κ2) is 8.67. The van der Waals surface area contributed by atoms with Crippen LogP contribution in [0, 0.1) is 11.6 Å². The number of nitrogens with zero attached hydrogens (tertiary/aromatic N) is 2. The van der Waals surface area contributed by atoms with Gasteiger partial charge in [-0.05, 0) is 39.8 Å². The van der Waals surface area contributed by atoms with Crippen LogP contribution >= 0.6 is 0 Å². The summed E-state index contributed by atoms with van der Waals surface area (Å²) in [5.41, 5.74) is 1.54. The number of ether oxygens (including phenoxy) is 1. The largest absolute Gasteiger partial charge is 0.444 e. The molecule has 0 unspecified atom stereocenters. The zero-order chi connectivity index (χ0) is 21.8. The molecule has 0 fully saturated rings. The van der Waals surface area contributed by atoms with Crippen molar-refractivity contribution in [2.45, 2.75) is 39.3 Å². The van der Waals surface area contributed by atoms with Gasteiger partial charge in [-0.3, -0.25) is 15.0 Å². The van der Waals surface area contributed by atoms with Gasteiger partial charge in [0.2, 0.25) is 5.82 Å². The van der Waals surface area contributed by atoms with Crippen LogP contribution in [0.15, 0.2) is 30.6 Å². The van der Waals surface area contributed by atoms with E-state index in [0.29, 0.717) is 6.07 Å². The quantitative estimate of drug-likeness (QED) is 0.702. The van der Waals surface area contributed by atoms with E-state index in [4.69, 9.17) is 4.74 Å². The molecule has 11 heteroatoms. The average Bonchev–Trinajstić information content (AvgIpc) is 3.00. The number of carbonyl (C=O) groups is 3. The van der Waals surface area contributed by atoms with Crippen LogP contribution in [0.4, 0.5) is 19.3 Å². The van der Waals surface area contributed by atoms with E-state index in [1.54, 1.807) is 20.8 Å². The predicted octanol–water partition coefficient (Wildman–Crippen LogP) is 2.40. The van der Waals surface area contributed by atoms with Gasteiger partial charge in [-0.1, -0.05) is 0 Å².